The molecule has 1 aromatic rings. The fourth-order valence-corrected chi connectivity index (χ4v) is 1.81. The highest BCUT2D eigenvalue weighted by Crippen LogP contribution is 2.34. The third-order valence-corrected chi connectivity index (χ3v) is 2.54. The van der Waals surface area contributed by atoms with Crippen LogP contribution < -0.4 is 0 Å². The smallest absolute Gasteiger partial charge is 0.309 e. The minimum absolute atomic E-state index is 0.270. The van der Waals surface area contributed by atoms with Crippen LogP contribution in [0.5, 0.6) is 0 Å². The fraction of sp³-hybridized carbons (Fsp3) is 0.364. The molecule has 14 heavy (non-hydrogen) atoms. The molecule has 1 N–H and O–H groups in total. The van der Waals surface area contributed by atoms with Gasteiger partial charge in [-0.15, -0.1) is 0 Å². The molecule has 0 radical (unpaired) electrons. The standard InChI is InChI=1S/C11H12O3/c12-11(13)9-6-7-14-10(9)8-4-2-1-3-5-8/h1-5,9-10H,6-7H2,(H,12,13). The van der Waals surface area contributed by atoms with Crippen molar-refractivity contribution in [2.24, 2.45) is 5.92 Å². The van der Waals surface area contributed by atoms with Gasteiger partial charge in [-0.2, -0.15) is 0 Å². The van der Waals surface area contributed by atoms with Gasteiger partial charge in [0.15, 0.2) is 0 Å². The number of hydrogen-bond acceptors (Lipinski definition) is 2. The van der Waals surface area contributed by atoms with Gasteiger partial charge in [0.25, 0.3) is 0 Å². The molecule has 2 atom stereocenters. The molecule has 2 rings (SSSR count). The molecule has 0 aromatic heterocycles. The summed E-state index contributed by atoms with van der Waals surface area (Å²) < 4.78 is 5.43. The topological polar surface area (TPSA) is 46.5 Å². The van der Waals surface area contributed by atoms with Gasteiger partial charge in [-0.3, -0.25) is 4.79 Å². The first-order chi connectivity index (χ1) is 6.79. The second-order valence-corrected chi connectivity index (χ2v) is 3.44. The van der Waals surface area contributed by atoms with Gasteiger partial charge >= 0.3 is 5.97 Å². The number of hydrogen-bond donors (Lipinski definition) is 1. The Morgan fingerprint density at radius 3 is 2.71 bits per heavy atom. The SMILES string of the molecule is O=C(O)C1CCOC1c1ccccc1. The van der Waals surface area contributed by atoms with Crippen molar-refractivity contribution in [3.8, 4) is 0 Å². The van der Waals surface area contributed by atoms with E-state index in [1.807, 2.05) is 30.3 Å². The summed E-state index contributed by atoms with van der Waals surface area (Å²) >= 11 is 0. The van der Waals surface area contributed by atoms with Crippen LogP contribution in [-0.2, 0) is 9.53 Å². The lowest BCUT2D eigenvalue weighted by Gasteiger charge is -2.14. The predicted octanol–water partition coefficient (Wildman–Crippen LogP) is 1.85. The molecule has 1 aliphatic rings. The summed E-state index contributed by atoms with van der Waals surface area (Å²) in [4.78, 5) is 10.9. The molecule has 1 saturated heterocycles. The molecule has 0 saturated carbocycles. The van der Waals surface area contributed by atoms with E-state index in [1.165, 1.54) is 0 Å². The zero-order valence-corrected chi connectivity index (χ0v) is 7.72. The Bertz CT molecular complexity index is 321. The molecule has 0 bridgehead atoms. The normalized spacial score (nSPS) is 26.3. The molecular formula is C11H12O3. The summed E-state index contributed by atoms with van der Waals surface area (Å²) in [7, 11) is 0. The molecule has 74 valence electrons. The summed E-state index contributed by atoms with van der Waals surface area (Å²) in [6, 6.07) is 9.53. The number of carboxylic acid groups (broad SMARTS) is 1. The predicted molar refractivity (Wildman–Crippen MR) is 50.9 cm³/mol. The van der Waals surface area contributed by atoms with Gasteiger partial charge in [0, 0.05) is 6.61 Å². The molecule has 0 spiro atoms. The van der Waals surface area contributed by atoms with Crippen molar-refractivity contribution in [1.29, 1.82) is 0 Å². The number of carboxylic acids is 1. The number of carbonyl (C=O) groups is 1. The third-order valence-electron chi connectivity index (χ3n) is 2.54. The highest BCUT2D eigenvalue weighted by molar-refractivity contribution is 5.71. The molecule has 2 unspecified atom stereocenters. The van der Waals surface area contributed by atoms with Gasteiger partial charge < -0.3 is 9.84 Å². The number of aliphatic carboxylic acids is 1. The van der Waals surface area contributed by atoms with Crippen LogP contribution in [0.15, 0.2) is 30.3 Å². The molecule has 1 fully saturated rings. The minimum atomic E-state index is -0.767. The van der Waals surface area contributed by atoms with E-state index in [9.17, 15) is 4.79 Å². The van der Waals surface area contributed by atoms with Crippen LogP contribution in [-0.4, -0.2) is 17.7 Å². The first-order valence-electron chi connectivity index (χ1n) is 4.68. The number of ether oxygens (including phenoxy) is 1. The molecule has 0 aliphatic carbocycles. The van der Waals surface area contributed by atoms with Gasteiger partial charge in [-0.05, 0) is 12.0 Å². The van der Waals surface area contributed by atoms with E-state index < -0.39 is 11.9 Å². The van der Waals surface area contributed by atoms with E-state index in [4.69, 9.17) is 9.84 Å². The largest absolute Gasteiger partial charge is 0.481 e. The molecule has 1 heterocycles. The van der Waals surface area contributed by atoms with E-state index in [2.05, 4.69) is 0 Å². The summed E-state index contributed by atoms with van der Waals surface area (Å²) in [5.74, 6) is -1.16. The van der Waals surface area contributed by atoms with Crippen molar-refractivity contribution >= 4 is 5.97 Å². The Morgan fingerprint density at radius 1 is 1.36 bits per heavy atom. The van der Waals surface area contributed by atoms with Crippen molar-refractivity contribution in [2.75, 3.05) is 6.61 Å². The molecular weight excluding hydrogens is 180 g/mol. The Morgan fingerprint density at radius 2 is 2.07 bits per heavy atom. The quantitative estimate of drug-likeness (QED) is 0.777. The van der Waals surface area contributed by atoms with Crippen LogP contribution >= 0.6 is 0 Å². The summed E-state index contributed by atoms with van der Waals surface area (Å²) in [5, 5.41) is 8.96. The lowest BCUT2D eigenvalue weighted by molar-refractivity contribution is -0.143. The van der Waals surface area contributed by atoms with E-state index in [0.29, 0.717) is 13.0 Å². The van der Waals surface area contributed by atoms with Crippen LogP contribution in [0.3, 0.4) is 0 Å². The lowest BCUT2D eigenvalue weighted by Crippen LogP contribution is -2.17. The van der Waals surface area contributed by atoms with Crippen LogP contribution in [0.25, 0.3) is 0 Å². The van der Waals surface area contributed by atoms with Crippen LogP contribution in [0, 0.1) is 5.92 Å². The van der Waals surface area contributed by atoms with Gasteiger partial charge in [0.05, 0.1) is 12.0 Å². The highest BCUT2D eigenvalue weighted by atomic mass is 16.5. The minimum Gasteiger partial charge on any atom is -0.481 e. The first-order valence-corrected chi connectivity index (χ1v) is 4.68. The maximum atomic E-state index is 10.9. The van der Waals surface area contributed by atoms with Gasteiger partial charge in [-0.1, -0.05) is 30.3 Å². The van der Waals surface area contributed by atoms with Gasteiger partial charge in [-0.25, -0.2) is 0 Å². The zero-order chi connectivity index (χ0) is 9.97. The van der Waals surface area contributed by atoms with Gasteiger partial charge in [0.1, 0.15) is 0 Å². The van der Waals surface area contributed by atoms with Crippen molar-refractivity contribution in [3.63, 3.8) is 0 Å². The van der Waals surface area contributed by atoms with Crippen LogP contribution in [0.2, 0.25) is 0 Å². The molecule has 1 aliphatic heterocycles. The molecule has 3 heteroatoms. The Labute approximate surface area is 82.3 Å². The lowest BCUT2D eigenvalue weighted by atomic mass is 9.96. The maximum Gasteiger partial charge on any atom is 0.309 e. The van der Waals surface area contributed by atoms with Crippen molar-refractivity contribution in [2.45, 2.75) is 12.5 Å². The number of rotatable bonds is 2. The Kier molecular flexibility index (Phi) is 2.50. The highest BCUT2D eigenvalue weighted by Gasteiger charge is 2.34. The second kappa shape index (κ2) is 3.80. The average Bonchev–Trinajstić information content (AvgIpc) is 2.67. The zero-order valence-electron chi connectivity index (χ0n) is 7.72. The molecule has 1 aromatic carbocycles. The van der Waals surface area contributed by atoms with Crippen molar-refractivity contribution < 1.29 is 14.6 Å². The van der Waals surface area contributed by atoms with Gasteiger partial charge in [0.2, 0.25) is 0 Å². The summed E-state index contributed by atoms with van der Waals surface area (Å²) in [6.07, 6.45) is 0.336. The van der Waals surface area contributed by atoms with E-state index in [0.717, 1.165) is 5.56 Å². The van der Waals surface area contributed by atoms with E-state index in [1.54, 1.807) is 0 Å². The first kappa shape index (κ1) is 9.21. The van der Waals surface area contributed by atoms with Crippen molar-refractivity contribution in [1.82, 2.24) is 0 Å². The maximum absolute atomic E-state index is 10.9. The Balaban J connectivity index is 2.22. The van der Waals surface area contributed by atoms with E-state index in [-0.39, 0.29) is 6.10 Å². The Hall–Kier alpha value is -1.35. The monoisotopic (exact) mass is 192 g/mol. The summed E-state index contributed by atoms with van der Waals surface area (Å²) in [6.45, 7) is 0.538. The fourth-order valence-electron chi connectivity index (χ4n) is 1.81. The second-order valence-electron chi connectivity index (χ2n) is 3.44. The average molecular weight is 192 g/mol. The van der Waals surface area contributed by atoms with Crippen LogP contribution in [0.1, 0.15) is 18.1 Å². The van der Waals surface area contributed by atoms with E-state index >= 15 is 0 Å². The molecule has 0 amide bonds. The third kappa shape index (κ3) is 1.63. The molecule has 3 nitrogen and oxygen atoms in total. The van der Waals surface area contributed by atoms with Crippen LogP contribution in [0.4, 0.5) is 0 Å². The number of benzene rings is 1. The van der Waals surface area contributed by atoms with Crippen molar-refractivity contribution in [3.05, 3.63) is 35.9 Å². The summed E-state index contributed by atoms with van der Waals surface area (Å²) in [5.41, 5.74) is 0.956.